The number of allylic oxidation sites excluding steroid dienone is 4. The maximum Gasteiger partial charge on any atom is 0.252 e. The molecule has 0 aromatic carbocycles. The van der Waals surface area contributed by atoms with Crippen molar-refractivity contribution >= 4 is 29.4 Å². The fraction of sp³-hybridized carbons (Fsp3) is 0.200. The van der Waals surface area contributed by atoms with Gasteiger partial charge in [-0.15, -0.1) is 10.2 Å². The number of hydrogen-bond acceptors (Lipinski definition) is 8. The van der Waals surface area contributed by atoms with E-state index in [2.05, 4.69) is 25.5 Å². The first-order chi connectivity index (χ1) is 18.7. The number of aromatic amines is 1. The Morgan fingerprint density at radius 3 is 2.44 bits per heavy atom. The second-order valence-electron chi connectivity index (χ2n) is 10.8. The molecule has 2 unspecified atom stereocenters. The molecule has 39 heavy (non-hydrogen) atoms. The van der Waals surface area contributed by atoms with Crippen molar-refractivity contribution in [2.45, 2.75) is 31.8 Å². The fourth-order valence-corrected chi connectivity index (χ4v) is 5.41. The van der Waals surface area contributed by atoms with E-state index in [9.17, 15) is 4.79 Å². The molecule has 0 saturated carbocycles. The van der Waals surface area contributed by atoms with Crippen molar-refractivity contribution in [2.75, 3.05) is 0 Å². The Bertz CT molecular complexity index is 1850. The molecule has 9 nitrogen and oxygen atoms in total. The largest absolute Gasteiger partial charge is 0.417 e. The lowest BCUT2D eigenvalue weighted by atomic mass is 9.80. The molecule has 7 rings (SSSR count). The number of pyridine rings is 1. The number of fused-ring (bicyclic) bond motifs is 6. The number of rotatable bonds is 2. The van der Waals surface area contributed by atoms with Gasteiger partial charge < -0.3 is 14.7 Å². The van der Waals surface area contributed by atoms with Crippen LogP contribution in [0.5, 0.6) is 0 Å². The predicted octanol–water partition coefficient (Wildman–Crippen LogP) is 2.68. The number of ketones is 1. The average molecular weight is 516 g/mol. The molecule has 0 spiro atoms. The second-order valence-corrected chi connectivity index (χ2v) is 10.8. The SMILES string of the molecule is CC12C=C3C=CC(=N3)C=c3ccc([nH]3)=CC3=NC(c4nnc(-c5ccncc5)o4)(C=C3)C=C(N1)C(C)(C)C2=O. The summed E-state index contributed by atoms with van der Waals surface area (Å²) in [6, 6.07) is 7.61. The van der Waals surface area contributed by atoms with E-state index in [4.69, 9.17) is 14.4 Å². The number of aromatic nitrogens is 4. The molecule has 192 valence electrons. The van der Waals surface area contributed by atoms with Crippen molar-refractivity contribution in [1.29, 1.82) is 0 Å². The Hall–Kier alpha value is -4.92. The number of nitrogens with one attached hydrogen (secondary N) is 2. The highest BCUT2D eigenvalue weighted by molar-refractivity contribution is 6.20. The minimum Gasteiger partial charge on any atom is -0.417 e. The molecule has 0 radical (unpaired) electrons. The number of Topliss-reactive ketones (excluding diaryl/α,β-unsaturated/α-hetero) is 1. The normalized spacial score (nSPS) is 26.3. The van der Waals surface area contributed by atoms with Crippen LogP contribution >= 0.6 is 0 Å². The van der Waals surface area contributed by atoms with Gasteiger partial charge in [0.05, 0.1) is 22.5 Å². The van der Waals surface area contributed by atoms with Gasteiger partial charge in [-0.2, -0.15) is 0 Å². The quantitative estimate of drug-likeness (QED) is 0.541. The third-order valence-electron chi connectivity index (χ3n) is 7.45. The zero-order valence-electron chi connectivity index (χ0n) is 21.6. The topological polar surface area (TPSA) is 121 Å². The summed E-state index contributed by atoms with van der Waals surface area (Å²) in [5, 5.41) is 14.0. The van der Waals surface area contributed by atoms with Crippen molar-refractivity contribution in [1.82, 2.24) is 25.5 Å². The molecule has 1 saturated heterocycles. The van der Waals surface area contributed by atoms with Gasteiger partial charge in [-0.1, -0.05) is 0 Å². The molecule has 7 heterocycles. The van der Waals surface area contributed by atoms with E-state index in [0.717, 1.165) is 39.1 Å². The van der Waals surface area contributed by atoms with Crippen molar-refractivity contribution in [2.24, 2.45) is 15.4 Å². The number of aliphatic imine (C=N–C) groups is 2. The van der Waals surface area contributed by atoms with Crippen LogP contribution in [0.15, 0.2) is 98.9 Å². The van der Waals surface area contributed by atoms with E-state index >= 15 is 0 Å². The van der Waals surface area contributed by atoms with Crippen LogP contribution in [-0.2, 0) is 10.3 Å². The lowest BCUT2D eigenvalue weighted by Gasteiger charge is -2.22. The zero-order valence-corrected chi connectivity index (χ0v) is 21.6. The predicted molar refractivity (Wildman–Crippen MR) is 148 cm³/mol. The molecule has 2 atom stereocenters. The van der Waals surface area contributed by atoms with E-state index in [0.29, 0.717) is 11.8 Å². The van der Waals surface area contributed by atoms with Gasteiger partial charge in [0, 0.05) is 34.4 Å². The molecule has 4 aliphatic heterocycles. The monoisotopic (exact) mass is 515 g/mol. The minimum absolute atomic E-state index is 0.0311. The number of hydrogen-bond donors (Lipinski definition) is 2. The average Bonchev–Trinajstić information content (AvgIpc) is 3.73. The van der Waals surface area contributed by atoms with Gasteiger partial charge >= 0.3 is 0 Å². The van der Waals surface area contributed by atoms with Crippen molar-refractivity contribution < 1.29 is 9.21 Å². The first-order valence-corrected chi connectivity index (χ1v) is 12.7. The van der Waals surface area contributed by atoms with Crippen LogP contribution in [0.4, 0.5) is 0 Å². The van der Waals surface area contributed by atoms with E-state index in [1.54, 1.807) is 12.4 Å². The molecular formula is C30H25N7O2. The summed E-state index contributed by atoms with van der Waals surface area (Å²) in [6.07, 6.45) is 18.8. The molecular weight excluding hydrogens is 490 g/mol. The minimum atomic E-state index is -1.11. The van der Waals surface area contributed by atoms with Gasteiger partial charge in [0.2, 0.25) is 5.89 Å². The Labute approximate surface area is 223 Å². The Balaban J connectivity index is 1.45. The lowest BCUT2D eigenvalue weighted by molar-refractivity contribution is -0.126. The molecule has 2 N–H and O–H groups in total. The highest BCUT2D eigenvalue weighted by Crippen LogP contribution is 2.44. The third kappa shape index (κ3) is 3.77. The zero-order chi connectivity index (χ0) is 26.8. The molecule has 3 aromatic heterocycles. The number of H-pyrrole nitrogens is 1. The van der Waals surface area contributed by atoms with Gasteiger partial charge in [-0.3, -0.25) is 14.8 Å². The third-order valence-corrected chi connectivity index (χ3v) is 7.45. The summed E-state index contributed by atoms with van der Waals surface area (Å²) < 4.78 is 6.20. The standard InChI is InChI=1S/C30H25N7O2/c1-28(2)24-17-30(27-37-36-25(39-27)18-9-12-31-13-10-18)11-8-22(34-30)15-21-5-4-19(32-21)14-20-6-7-23(33-20)16-29(3,35-24)26(28)38/h4-17,32,35H,1-3H3. The van der Waals surface area contributed by atoms with Crippen molar-refractivity contribution in [3.05, 3.63) is 101 Å². The van der Waals surface area contributed by atoms with Gasteiger partial charge in [-0.25, -0.2) is 4.99 Å². The molecule has 1 fully saturated rings. The van der Waals surface area contributed by atoms with E-state index in [-0.39, 0.29) is 5.78 Å². The lowest BCUT2D eigenvalue weighted by Crippen LogP contribution is -2.41. The summed E-state index contributed by atoms with van der Waals surface area (Å²) in [5.74, 6) is 0.695. The number of nitrogens with zero attached hydrogens (tertiary/aromatic N) is 5. The summed E-state index contributed by atoms with van der Waals surface area (Å²) in [6.45, 7) is 5.71. The maximum atomic E-state index is 13.8. The van der Waals surface area contributed by atoms with Crippen LogP contribution in [0.3, 0.4) is 0 Å². The molecule has 0 aliphatic carbocycles. The van der Waals surface area contributed by atoms with Gasteiger partial charge in [-0.05, 0) is 93.6 Å². The van der Waals surface area contributed by atoms with E-state index in [1.807, 2.05) is 93.6 Å². The highest BCUT2D eigenvalue weighted by Gasteiger charge is 2.53. The molecule has 4 aliphatic rings. The highest BCUT2D eigenvalue weighted by atomic mass is 16.4. The van der Waals surface area contributed by atoms with E-state index in [1.165, 1.54) is 0 Å². The summed E-state index contributed by atoms with van der Waals surface area (Å²) in [4.78, 5) is 31.1. The van der Waals surface area contributed by atoms with Crippen LogP contribution in [0.25, 0.3) is 23.6 Å². The van der Waals surface area contributed by atoms with Crippen molar-refractivity contribution in [3.8, 4) is 11.5 Å². The van der Waals surface area contributed by atoms with E-state index < -0.39 is 16.5 Å². The van der Waals surface area contributed by atoms with Crippen LogP contribution < -0.4 is 16.0 Å². The van der Waals surface area contributed by atoms with Crippen molar-refractivity contribution in [3.63, 3.8) is 0 Å². The molecule has 0 amide bonds. The Morgan fingerprint density at radius 2 is 1.64 bits per heavy atom. The van der Waals surface area contributed by atoms with Gasteiger partial charge in [0.25, 0.3) is 5.89 Å². The molecule has 9 heteroatoms. The van der Waals surface area contributed by atoms with Crippen LogP contribution in [0, 0.1) is 5.41 Å². The Kier molecular flexibility index (Phi) is 4.78. The first-order valence-electron chi connectivity index (χ1n) is 12.7. The van der Waals surface area contributed by atoms with Crippen LogP contribution in [-0.4, -0.2) is 42.9 Å². The van der Waals surface area contributed by atoms with Crippen LogP contribution in [0.1, 0.15) is 26.7 Å². The summed E-state index contributed by atoms with van der Waals surface area (Å²) in [5.41, 5.74) is 0.825. The maximum absolute atomic E-state index is 13.8. The number of carbonyl (C=O) groups excluding carboxylic acids is 1. The fourth-order valence-electron chi connectivity index (χ4n) is 5.41. The number of carbonyl (C=O) groups is 1. The van der Waals surface area contributed by atoms with Gasteiger partial charge in [0.15, 0.2) is 11.3 Å². The summed E-state index contributed by atoms with van der Waals surface area (Å²) in [7, 11) is 0. The second kappa shape index (κ2) is 8.04. The van der Waals surface area contributed by atoms with Crippen LogP contribution in [0.2, 0.25) is 0 Å². The molecule has 8 bridgehead atoms. The first kappa shape index (κ1) is 23.2. The molecule has 3 aromatic rings. The summed E-state index contributed by atoms with van der Waals surface area (Å²) >= 11 is 0. The van der Waals surface area contributed by atoms with Gasteiger partial charge in [0.1, 0.15) is 5.54 Å². The smallest absolute Gasteiger partial charge is 0.252 e. The Morgan fingerprint density at radius 1 is 0.872 bits per heavy atom.